The van der Waals surface area contributed by atoms with E-state index in [1.807, 2.05) is 24.3 Å². The fraction of sp³-hybridized carbons (Fsp3) is 0.190. The number of amides is 1. The van der Waals surface area contributed by atoms with Crippen LogP contribution in [0.2, 0.25) is 0 Å². The summed E-state index contributed by atoms with van der Waals surface area (Å²) in [6.07, 6.45) is 2.13. The van der Waals surface area contributed by atoms with Gasteiger partial charge < -0.3 is 14.5 Å². The van der Waals surface area contributed by atoms with Crippen molar-refractivity contribution in [2.24, 2.45) is 0 Å². The number of aromatic nitrogens is 1. The summed E-state index contributed by atoms with van der Waals surface area (Å²) < 4.78 is 10.1. The van der Waals surface area contributed by atoms with Gasteiger partial charge in [-0.2, -0.15) is 0 Å². The molecule has 138 valence electrons. The number of esters is 1. The van der Waals surface area contributed by atoms with Crippen LogP contribution in [0.15, 0.2) is 59.3 Å². The lowest BCUT2D eigenvalue weighted by Gasteiger charge is -2.10. The van der Waals surface area contributed by atoms with Crippen LogP contribution >= 0.6 is 0 Å². The van der Waals surface area contributed by atoms with Gasteiger partial charge in [0.2, 0.25) is 0 Å². The van der Waals surface area contributed by atoms with Crippen molar-refractivity contribution in [3.8, 4) is 11.3 Å². The van der Waals surface area contributed by atoms with Crippen LogP contribution in [-0.4, -0.2) is 24.0 Å². The van der Waals surface area contributed by atoms with E-state index in [1.54, 1.807) is 24.3 Å². The monoisotopic (exact) mass is 364 g/mol. The molecule has 27 heavy (non-hydrogen) atoms. The number of ether oxygens (including phenoxy) is 1. The Labute approximate surface area is 157 Å². The number of benzene rings is 2. The molecule has 2 aromatic carbocycles. The van der Waals surface area contributed by atoms with Gasteiger partial charge in [0.15, 0.2) is 17.8 Å². The van der Waals surface area contributed by atoms with Gasteiger partial charge in [-0.15, -0.1) is 0 Å². The van der Waals surface area contributed by atoms with E-state index in [2.05, 4.69) is 17.2 Å². The molecule has 6 heteroatoms. The third kappa shape index (κ3) is 4.06. The summed E-state index contributed by atoms with van der Waals surface area (Å²) >= 11 is 0. The van der Waals surface area contributed by atoms with Gasteiger partial charge in [-0.3, -0.25) is 4.79 Å². The van der Waals surface area contributed by atoms with Gasteiger partial charge in [0.25, 0.3) is 5.91 Å². The largest absolute Gasteiger partial charge is 0.464 e. The topological polar surface area (TPSA) is 81.4 Å². The van der Waals surface area contributed by atoms with Crippen LogP contribution in [0.5, 0.6) is 0 Å². The Kier molecular flexibility index (Phi) is 5.66. The summed E-state index contributed by atoms with van der Waals surface area (Å²) in [5.41, 5.74) is 3.16. The van der Waals surface area contributed by atoms with Crippen molar-refractivity contribution in [1.82, 2.24) is 10.3 Å². The molecule has 1 heterocycles. The van der Waals surface area contributed by atoms with Crippen molar-refractivity contribution in [3.05, 3.63) is 77.3 Å². The van der Waals surface area contributed by atoms with E-state index < -0.39 is 5.97 Å². The highest BCUT2D eigenvalue weighted by Gasteiger charge is 2.23. The van der Waals surface area contributed by atoms with Gasteiger partial charge in [0, 0.05) is 12.1 Å². The number of rotatable bonds is 6. The lowest BCUT2D eigenvalue weighted by Crippen LogP contribution is -2.23. The molecule has 0 fully saturated rings. The maximum Gasteiger partial charge on any atom is 0.360 e. The lowest BCUT2D eigenvalue weighted by atomic mass is 10.0. The molecule has 1 N–H and O–H groups in total. The van der Waals surface area contributed by atoms with E-state index in [9.17, 15) is 9.59 Å². The lowest BCUT2D eigenvalue weighted by molar-refractivity contribution is 0.0595. The highest BCUT2D eigenvalue weighted by atomic mass is 16.5. The van der Waals surface area contributed by atoms with Gasteiger partial charge in [-0.25, -0.2) is 9.78 Å². The Balaban J connectivity index is 1.82. The number of oxazole rings is 1. The number of carbonyl (C=O) groups is 2. The third-order valence-electron chi connectivity index (χ3n) is 4.25. The van der Waals surface area contributed by atoms with Crippen LogP contribution in [0, 0.1) is 0 Å². The van der Waals surface area contributed by atoms with Crippen molar-refractivity contribution < 1.29 is 18.7 Å². The highest BCUT2D eigenvalue weighted by molar-refractivity contribution is 6.03. The maximum absolute atomic E-state index is 12.7. The molecular weight excluding hydrogens is 344 g/mol. The first-order valence-electron chi connectivity index (χ1n) is 8.61. The van der Waals surface area contributed by atoms with E-state index in [1.165, 1.54) is 12.7 Å². The summed E-state index contributed by atoms with van der Waals surface area (Å²) in [7, 11) is 1.27. The molecular formula is C21H20N2O4. The number of methoxy groups -OCH3 is 1. The molecule has 0 saturated carbocycles. The molecule has 1 aromatic heterocycles. The number of nitrogens with zero attached hydrogens (tertiary/aromatic N) is 1. The Hall–Kier alpha value is -3.41. The van der Waals surface area contributed by atoms with Gasteiger partial charge in [-0.1, -0.05) is 49.4 Å². The second-order valence-electron chi connectivity index (χ2n) is 5.92. The van der Waals surface area contributed by atoms with Crippen LogP contribution in [0.25, 0.3) is 11.3 Å². The number of hydrogen-bond donors (Lipinski definition) is 1. The molecule has 0 aliphatic rings. The summed E-state index contributed by atoms with van der Waals surface area (Å²) in [6.45, 7) is 2.50. The average molecular weight is 364 g/mol. The molecule has 0 aliphatic heterocycles. The minimum Gasteiger partial charge on any atom is -0.464 e. The third-order valence-corrected chi connectivity index (χ3v) is 4.25. The molecule has 6 nitrogen and oxygen atoms in total. The van der Waals surface area contributed by atoms with E-state index in [0.717, 1.165) is 18.4 Å². The number of hydrogen-bond acceptors (Lipinski definition) is 5. The number of aryl methyl sites for hydroxylation is 1. The summed E-state index contributed by atoms with van der Waals surface area (Å²) in [6, 6.07) is 15.0. The summed E-state index contributed by atoms with van der Waals surface area (Å²) in [5.74, 6) is -0.678. The maximum atomic E-state index is 12.7. The van der Waals surface area contributed by atoms with Gasteiger partial charge in [-0.05, 0) is 23.6 Å². The molecule has 0 atom stereocenters. The average Bonchev–Trinajstić information content (AvgIpc) is 3.21. The SMILES string of the molecule is CCc1ccc(CNC(=O)c2ccccc2-c2ocnc2C(=O)OC)cc1. The molecule has 0 unspecified atom stereocenters. The van der Waals surface area contributed by atoms with Crippen molar-refractivity contribution in [1.29, 1.82) is 0 Å². The normalized spacial score (nSPS) is 10.4. The molecule has 3 aromatic rings. The number of carbonyl (C=O) groups excluding carboxylic acids is 2. The first-order valence-corrected chi connectivity index (χ1v) is 8.61. The van der Waals surface area contributed by atoms with Crippen LogP contribution in [-0.2, 0) is 17.7 Å². The first-order chi connectivity index (χ1) is 13.1. The summed E-state index contributed by atoms with van der Waals surface area (Å²) in [5, 5.41) is 2.90. The predicted molar refractivity (Wildman–Crippen MR) is 100 cm³/mol. The minimum absolute atomic E-state index is 0.0351. The zero-order valence-electron chi connectivity index (χ0n) is 15.2. The first kappa shape index (κ1) is 18.4. The standard InChI is InChI=1S/C21H20N2O4/c1-3-14-8-10-15(11-9-14)12-22-20(24)17-7-5-4-6-16(17)19-18(21(25)26-2)23-13-27-19/h4-11,13H,3,12H2,1-2H3,(H,22,24). The van der Waals surface area contributed by atoms with Crippen molar-refractivity contribution in [3.63, 3.8) is 0 Å². The zero-order valence-corrected chi connectivity index (χ0v) is 15.2. The fourth-order valence-electron chi connectivity index (χ4n) is 2.73. The molecule has 1 amide bonds. The van der Waals surface area contributed by atoms with E-state index in [-0.39, 0.29) is 17.4 Å². The molecule has 0 spiro atoms. The van der Waals surface area contributed by atoms with E-state index in [0.29, 0.717) is 17.7 Å². The van der Waals surface area contributed by atoms with Crippen molar-refractivity contribution >= 4 is 11.9 Å². The Morgan fingerprint density at radius 1 is 1.07 bits per heavy atom. The Bertz CT molecular complexity index is 945. The van der Waals surface area contributed by atoms with Crippen molar-refractivity contribution in [2.45, 2.75) is 19.9 Å². The van der Waals surface area contributed by atoms with Crippen LogP contribution < -0.4 is 5.32 Å². The summed E-state index contributed by atoms with van der Waals surface area (Å²) in [4.78, 5) is 28.5. The van der Waals surface area contributed by atoms with Crippen LogP contribution in [0.3, 0.4) is 0 Å². The second kappa shape index (κ2) is 8.31. The smallest absolute Gasteiger partial charge is 0.360 e. The van der Waals surface area contributed by atoms with Gasteiger partial charge in [0.05, 0.1) is 12.7 Å². The zero-order chi connectivity index (χ0) is 19.2. The molecule has 0 radical (unpaired) electrons. The van der Waals surface area contributed by atoms with Crippen molar-refractivity contribution in [2.75, 3.05) is 7.11 Å². The van der Waals surface area contributed by atoms with Crippen LogP contribution in [0.4, 0.5) is 0 Å². The Morgan fingerprint density at radius 3 is 2.48 bits per heavy atom. The van der Waals surface area contributed by atoms with Crippen LogP contribution in [0.1, 0.15) is 38.9 Å². The highest BCUT2D eigenvalue weighted by Crippen LogP contribution is 2.27. The Morgan fingerprint density at radius 2 is 1.78 bits per heavy atom. The minimum atomic E-state index is -0.620. The predicted octanol–water partition coefficient (Wildman–Crippen LogP) is 3.62. The molecule has 0 aliphatic carbocycles. The second-order valence-corrected chi connectivity index (χ2v) is 5.92. The fourth-order valence-corrected chi connectivity index (χ4v) is 2.73. The van der Waals surface area contributed by atoms with E-state index in [4.69, 9.17) is 9.15 Å². The molecule has 0 saturated heterocycles. The van der Waals surface area contributed by atoms with Gasteiger partial charge >= 0.3 is 5.97 Å². The molecule has 3 rings (SSSR count). The quantitative estimate of drug-likeness (QED) is 0.676. The molecule has 0 bridgehead atoms. The van der Waals surface area contributed by atoms with E-state index >= 15 is 0 Å². The number of nitrogens with one attached hydrogen (secondary N) is 1. The van der Waals surface area contributed by atoms with Gasteiger partial charge in [0.1, 0.15) is 0 Å².